The van der Waals surface area contributed by atoms with Crippen LogP contribution in [0.3, 0.4) is 0 Å². The van der Waals surface area contributed by atoms with E-state index < -0.39 is 6.17 Å². The second kappa shape index (κ2) is 8.87. The Morgan fingerprint density at radius 3 is 2.51 bits per heavy atom. The van der Waals surface area contributed by atoms with E-state index in [0.717, 1.165) is 66.0 Å². The van der Waals surface area contributed by atoms with Gasteiger partial charge in [0.15, 0.2) is 5.65 Å². The van der Waals surface area contributed by atoms with Crippen molar-refractivity contribution in [1.82, 2.24) is 24.6 Å². The first-order chi connectivity index (χ1) is 17.1. The highest BCUT2D eigenvalue weighted by Crippen LogP contribution is 2.30. The van der Waals surface area contributed by atoms with Crippen LogP contribution in [0.25, 0.3) is 28.1 Å². The van der Waals surface area contributed by atoms with Crippen LogP contribution in [0.15, 0.2) is 36.4 Å². The van der Waals surface area contributed by atoms with Crippen molar-refractivity contribution < 1.29 is 9.18 Å². The van der Waals surface area contributed by atoms with Gasteiger partial charge in [0.1, 0.15) is 35.5 Å². The molecular weight excluding hydrogens is 445 g/mol. The Morgan fingerprint density at radius 1 is 1.03 bits per heavy atom. The molecule has 0 spiro atoms. The van der Waals surface area contributed by atoms with Crippen LogP contribution in [-0.4, -0.2) is 56.2 Å². The molecule has 9 heteroatoms. The van der Waals surface area contributed by atoms with E-state index >= 15 is 0 Å². The van der Waals surface area contributed by atoms with Gasteiger partial charge < -0.3 is 15.0 Å². The van der Waals surface area contributed by atoms with Gasteiger partial charge in [0.25, 0.3) is 0 Å². The fourth-order valence-electron chi connectivity index (χ4n) is 5.21. The Bertz CT molecular complexity index is 1400. The number of fused-ring (bicyclic) bond motifs is 2. The number of hydrogen-bond donors (Lipinski definition) is 1. The number of carbonyl (C=O) groups is 1. The largest absolute Gasteiger partial charge is 0.367 e. The average Bonchev–Trinajstić information content (AvgIpc) is 3.50. The van der Waals surface area contributed by atoms with Gasteiger partial charge in [-0.05, 0) is 51.2 Å². The van der Waals surface area contributed by atoms with Crippen LogP contribution < -0.4 is 10.2 Å². The van der Waals surface area contributed by atoms with Crippen LogP contribution in [-0.2, 0) is 4.79 Å². The Hall–Kier alpha value is -3.62. The van der Waals surface area contributed by atoms with Gasteiger partial charge in [-0.3, -0.25) is 0 Å². The maximum absolute atomic E-state index is 14.0. The van der Waals surface area contributed by atoms with E-state index in [1.54, 1.807) is 0 Å². The fraction of sp³-hybridized carbons (Fsp3) is 0.423. The number of aldehydes is 1. The molecule has 2 aliphatic rings. The molecule has 1 atom stereocenters. The van der Waals surface area contributed by atoms with Gasteiger partial charge >= 0.3 is 0 Å². The highest BCUT2D eigenvalue weighted by molar-refractivity contribution is 5.78. The number of hydrogen-bond acceptors (Lipinski definition) is 7. The highest BCUT2D eigenvalue weighted by atomic mass is 19.1. The third kappa shape index (κ3) is 4.19. The van der Waals surface area contributed by atoms with Crippen molar-refractivity contribution in [2.45, 2.75) is 51.2 Å². The summed E-state index contributed by atoms with van der Waals surface area (Å²) in [6.45, 7) is 2.93. The summed E-state index contributed by atoms with van der Waals surface area (Å²) < 4.78 is 15.8. The molecule has 1 aliphatic heterocycles. The highest BCUT2D eigenvalue weighted by Gasteiger charge is 2.26. The minimum Gasteiger partial charge on any atom is -0.367 e. The quantitative estimate of drug-likeness (QED) is 0.431. The summed E-state index contributed by atoms with van der Waals surface area (Å²) in [5, 5.41) is 8.51. The molecule has 1 saturated heterocycles. The summed E-state index contributed by atoms with van der Waals surface area (Å²) in [6.07, 6.45) is 4.36. The zero-order valence-electron chi connectivity index (χ0n) is 19.7. The SMILES string of the molecule is Cc1nc2ccccc2nc1-c1cc2nc(N3CC[C@@H](F)C3)cc(NC3CCC(C=O)CC3)n2n1. The lowest BCUT2D eigenvalue weighted by molar-refractivity contribution is -0.111. The molecule has 0 amide bonds. The summed E-state index contributed by atoms with van der Waals surface area (Å²) in [5.41, 5.74) is 4.56. The molecule has 1 aliphatic carbocycles. The lowest BCUT2D eigenvalue weighted by Gasteiger charge is -2.27. The van der Waals surface area contributed by atoms with Crippen LogP contribution in [0, 0.1) is 12.8 Å². The van der Waals surface area contributed by atoms with Crippen molar-refractivity contribution in [3.8, 4) is 11.4 Å². The predicted octanol–water partition coefficient (Wildman–Crippen LogP) is 4.37. The van der Waals surface area contributed by atoms with E-state index in [9.17, 15) is 9.18 Å². The molecule has 4 heterocycles. The van der Waals surface area contributed by atoms with Crippen LogP contribution in [0.5, 0.6) is 0 Å². The smallest absolute Gasteiger partial charge is 0.160 e. The molecule has 1 saturated carbocycles. The summed E-state index contributed by atoms with van der Waals surface area (Å²) in [6, 6.07) is 11.9. The molecule has 0 unspecified atom stereocenters. The monoisotopic (exact) mass is 473 g/mol. The Morgan fingerprint density at radius 2 is 1.80 bits per heavy atom. The standard InChI is InChI=1S/C26H28FN7O/c1-16-26(30-21-5-3-2-4-20(21)28-16)22-12-24-31-23(33-11-10-18(27)14-33)13-25(34(24)32-22)29-19-8-6-17(15-35)7-9-19/h2-5,12-13,15,17-19,29H,6-11,14H2,1H3/t17?,18-,19?/m1/s1. The zero-order chi connectivity index (χ0) is 23.9. The van der Waals surface area contributed by atoms with E-state index in [0.29, 0.717) is 30.9 Å². The van der Waals surface area contributed by atoms with E-state index in [-0.39, 0.29) is 12.0 Å². The number of aromatic nitrogens is 5. The van der Waals surface area contributed by atoms with Crippen LogP contribution in [0.2, 0.25) is 0 Å². The van der Waals surface area contributed by atoms with Gasteiger partial charge in [-0.15, -0.1) is 0 Å². The van der Waals surface area contributed by atoms with E-state index in [4.69, 9.17) is 20.1 Å². The number of nitrogens with zero attached hydrogens (tertiary/aromatic N) is 6. The molecule has 35 heavy (non-hydrogen) atoms. The maximum atomic E-state index is 14.0. The first kappa shape index (κ1) is 21.9. The second-order valence-electron chi connectivity index (χ2n) is 9.67. The van der Waals surface area contributed by atoms with Crippen molar-refractivity contribution in [1.29, 1.82) is 0 Å². The predicted molar refractivity (Wildman–Crippen MR) is 133 cm³/mol. The number of benzene rings is 1. The summed E-state index contributed by atoms with van der Waals surface area (Å²) >= 11 is 0. The number of rotatable bonds is 5. The minimum absolute atomic E-state index is 0.151. The maximum Gasteiger partial charge on any atom is 0.160 e. The topological polar surface area (TPSA) is 88.3 Å². The number of carbonyl (C=O) groups excluding carboxylic acids is 1. The molecule has 2 fully saturated rings. The van der Waals surface area contributed by atoms with E-state index in [1.807, 2.05) is 52.7 Å². The molecule has 6 rings (SSSR count). The lowest BCUT2D eigenvalue weighted by atomic mass is 9.87. The Labute approximate surface area is 202 Å². The number of nitrogens with one attached hydrogen (secondary N) is 1. The normalized spacial score (nSPS) is 22.7. The number of aryl methyl sites for hydroxylation is 1. The molecule has 1 N–H and O–H groups in total. The molecule has 4 aromatic rings. The fourth-order valence-corrected chi connectivity index (χ4v) is 5.21. The number of para-hydroxylation sites is 2. The lowest BCUT2D eigenvalue weighted by Crippen LogP contribution is -2.28. The molecular formula is C26H28FN7O. The molecule has 0 bridgehead atoms. The number of alkyl halides is 1. The van der Waals surface area contributed by atoms with E-state index in [1.165, 1.54) is 0 Å². The van der Waals surface area contributed by atoms with Gasteiger partial charge in [0, 0.05) is 30.6 Å². The minimum atomic E-state index is -0.834. The second-order valence-corrected chi connectivity index (χ2v) is 9.67. The Balaban J connectivity index is 1.41. The van der Waals surface area contributed by atoms with Crippen LogP contribution in [0.4, 0.5) is 16.0 Å². The molecule has 3 aromatic heterocycles. The average molecular weight is 474 g/mol. The molecule has 8 nitrogen and oxygen atoms in total. The van der Waals surface area contributed by atoms with Gasteiger partial charge in [-0.1, -0.05) is 12.1 Å². The van der Waals surface area contributed by atoms with Gasteiger partial charge in [-0.25, -0.2) is 19.3 Å². The number of halogens is 1. The first-order valence-electron chi connectivity index (χ1n) is 12.3. The van der Waals surface area contributed by atoms with Crippen LogP contribution in [0.1, 0.15) is 37.8 Å². The van der Waals surface area contributed by atoms with Crippen molar-refractivity contribution in [2.24, 2.45) is 5.92 Å². The Kier molecular flexibility index (Phi) is 5.54. The van der Waals surface area contributed by atoms with Gasteiger partial charge in [-0.2, -0.15) is 9.61 Å². The summed E-state index contributed by atoms with van der Waals surface area (Å²) in [4.78, 5) is 27.6. The first-order valence-corrected chi connectivity index (χ1v) is 12.3. The third-order valence-corrected chi connectivity index (χ3v) is 7.17. The van der Waals surface area contributed by atoms with Gasteiger partial charge in [0.2, 0.25) is 0 Å². The van der Waals surface area contributed by atoms with Crippen molar-refractivity contribution in [2.75, 3.05) is 23.3 Å². The van der Waals surface area contributed by atoms with Crippen molar-refractivity contribution in [3.05, 3.63) is 42.1 Å². The third-order valence-electron chi connectivity index (χ3n) is 7.17. The molecule has 0 radical (unpaired) electrons. The van der Waals surface area contributed by atoms with Crippen molar-refractivity contribution in [3.63, 3.8) is 0 Å². The van der Waals surface area contributed by atoms with Crippen LogP contribution >= 0.6 is 0 Å². The zero-order valence-corrected chi connectivity index (χ0v) is 19.7. The number of anilines is 2. The summed E-state index contributed by atoms with van der Waals surface area (Å²) in [7, 11) is 0. The van der Waals surface area contributed by atoms with E-state index in [2.05, 4.69) is 5.32 Å². The van der Waals surface area contributed by atoms with Gasteiger partial charge in [0.05, 0.1) is 23.3 Å². The summed E-state index contributed by atoms with van der Waals surface area (Å²) in [5.74, 6) is 1.71. The van der Waals surface area contributed by atoms with Crippen molar-refractivity contribution >= 4 is 34.6 Å². The molecule has 1 aromatic carbocycles. The molecule has 180 valence electrons.